The molecular formula is C6H13I2NO. The lowest BCUT2D eigenvalue weighted by Gasteiger charge is -2.25. The molecule has 0 spiro atoms. The predicted molar refractivity (Wildman–Crippen MR) is 61.6 cm³/mol. The molecule has 10 heavy (non-hydrogen) atoms. The lowest BCUT2D eigenvalue weighted by Crippen LogP contribution is -2.37. The average Bonchev–Trinajstić information content (AvgIpc) is 1.91. The minimum absolute atomic E-state index is 0. The smallest absolute Gasteiger partial charge is 0.0594 e. The molecule has 4 heteroatoms. The Labute approximate surface area is 92.8 Å². The lowest BCUT2D eigenvalue weighted by atomic mass is 10.4. The molecule has 1 aliphatic rings. The van der Waals surface area contributed by atoms with E-state index >= 15 is 0 Å². The highest BCUT2D eigenvalue weighted by atomic mass is 127. The molecule has 0 N–H and O–H groups in total. The first-order chi connectivity index (χ1) is 4.43. The lowest BCUT2D eigenvalue weighted by molar-refractivity contribution is 0.0413. The summed E-state index contributed by atoms with van der Waals surface area (Å²) in [6, 6.07) is 0. The summed E-state index contributed by atoms with van der Waals surface area (Å²) in [6.07, 6.45) is 0. The average molecular weight is 369 g/mol. The van der Waals surface area contributed by atoms with Crippen LogP contribution in [0, 0.1) is 0 Å². The second kappa shape index (κ2) is 7.05. The van der Waals surface area contributed by atoms with Crippen LogP contribution >= 0.6 is 46.6 Å². The number of hydrogen-bond acceptors (Lipinski definition) is 2. The molecule has 62 valence electrons. The fourth-order valence-electron chi connectivity index (χ4n) is 0.944. The van der Waals surface area contributed by atoms with Crippen LogP contribution in [0.3, 0.4) is 0 Å². The van der Waals surface area contributed by atoms with Crippen molar-refractivity contribution in [1.82, 2.24) is 4.90 Å². The van der Waals surface area contributed by atoms with Crippen LogP contribution in [0.5, 0.6) is 0 Å². The van der Waals surface area contributed by atoms with Crippen molar-refractivity contribution in [3.8, 4) is 0 Å². The van der Waals surface area contributed by atoms with E-state index in [4.69, 9.17) is 4.74 Å². The number of morpholine rings is 1. The second-order valence-corrected chi connectivity index (χ2v) is 3.22. The van der Waals surface area contributed by atoms with Gasteiger partial charge in [-0.1, -0.05) is 22.6 Å². The molecule has 0 saturated carbocycles. The van der Waals surface area contributed by atoms with Gasteiger partial charge in [0.2, 0.25) is 0 Å². The molecule has 1 aliphatic heterocycles. The summed E-state index contributed by atoms with van der Waals surface area (Å²) in [6.45, 7) is 5.34. The zero-order chi connectivity index (χ0) is 6.53. The standard InChI is InChI=1S/C6H12INO.HI/c7-1-2-8-3-5-9-6-4-8;/h1-6H2;1H. The molecule has 1 saturated heterocycles. The van der Waals surface area contributed by atoms with Crippen LogP contribution in [-0.4, -0.2) is 42.2 Å². The van der Waals surface area contributed by atoms with Gasteiger partial charge in [-0.2, -0.15) is 0 Å². The first-order valence-corrected chi connectivity index (χ1v) is 4.82. The molecule has 1 heterocycles. The van der Waals surface area contributed by atoms with Crippen molar-refractivity contribution in [3.05, 3.63) is 0 Å². The van der Waals surface area contributed by atoms with E-state index in [-0.39, 0.29) is 24.0 Å². The first kappa shape index (κ1) is 11.4. The Hall–Kier alpha value is 1.38. The first-order valence-electron chi connectivity index (χ1n) is 3.29. The van der Waals surface area contributed by atoms with Gasteiger partial charge >= 0.3 is 0 Å². The van der Waals surface area contributed by atoms with Gasteiger partial charge in [0.05, 0.1) is 13.2 Å². The monoisotopic (exact) mass is 369 g/mol. The quantitative estimate of drug-likeness (QED) is 0.539. The van der Waals surface area contributed by atoms with Gasteiger partial charge in [0.15, 0.2) is 0 Å². The van der Waals surface area contributed by atoms with Crippen LogP contribution in [0.2, 0.25) is 0 Å². The molecule has 0 atom stereocenters. The van der Waals surface area contributed by atoms with Gasteiger partial charge in [0.1, 0.15) is 0 Å². The van der Waals surface area contributed by atoms with E-state index in [1.54, 1.807) is 0 Å². The Morgan fingerprint density at radius 2 is 1.90 bits per heavy atom. The Balaban J connectivity index is 0.000000810. The Morgan fingerprint density at radius 3 is 2.40 bits per heavy atom. The van der Waals surface area contributed by atoms with Crippen LogP contribution in [0.15, 0.2) is 0 Å². The number of nitrogens with zero attached hydrogens (tertiary/aromatic N) is 1. The fraction of sp³-hybridized carbons (Fsp3) is 1.00. The van der Waals surface area contributed by atoms with Gasteiger partial charge in [-0.15, -0.1) is 24.0 Å². The topological polar surface area (TPSA) is 12.5 Å². The van der Waals surface area contributed by atoms with E-state index < -0.39 is 0 Å². The van der Waals surface area contributed by atoms with Crippen LogP contribution in [0.4, 0.5) is 0 Å². The summed E-state index contributed by atoms with van der Waals surface area (Å²) in [4.78, 5) is 2.44. The van der Waals surface area contributed by atoms with Crippen LogP contribution < -0.4 is 0 Å². The highest BCUT2D eigenvalue weighted by Crippen LogP contribution is 1.96. The van der Waals surface area contributed by atoms with Crippen molar-refractivity contribution in [1.29, 1.82) is 0 Å². The van der Waals surface area contributed by atoms with Crippen molar-refractivity contribution in [2.45, 2.75) is 0 Å². The molecule has 0 bridgehead atoms. The van der Waals surface area contributed by atoms with Crippen LogP contribution in [0.25, 0.3) is 0 Å². The summed E-state index contributed by atoms with van der Waals surface area (Å²) in [5.74, 6) is 0. The summed E-state index contributed by atoms with van der Waals surface area (Å²) < 4.78 is 6.44. The third kappa shape index (κ3) is 4.30. The second-order valence-electron chi connectivity index (χ2n) is 2.14. The molecule has 0 aromatic rings. The molecule has 0 aliphatic carbocycles. The molecule has 0 amide bonds. The summed E-state index contributed by atoms with van der Waals surface area (Å²) in [5.41, 5.74) is 0. The van der Waals surface area contributed by atoms with E-state index in [0.29, 0.717) is 0 Å². The van der Waals surface area contributed by atoms with Gasteiger partial charge in [0.25, 0.3) is 0 Å². The maximum absolute atomic E-state index is 5.20. The van der Waals surface area contributed by atoms with Crippen molar-refractivity contribution in [3.63, 3.8) is 0 Å². The maximum atomic E-state index is 5.20. The summed E-state index contributed by atoms with van der Waals surface area (Å²) >= 11 is 2.41. The third-order valence-corrected chi connectivity index (χ3v) is 1.99. The van der Waals surface area contributed by atoms with Gasteiger partial charge in [0, 0.05) is 24.1 Å². The summed E-state index contributed by atoms with van der Waals surface area (Å²) in [7, 11) is 0. The number of halogens is 2. The molecule has 1 rings (SSSR count). The van der Waals surface area contributed by atoms with Gasteiger partial charge < -0.3 is 4.74 Å². The molecule has 0 aromatic heterocycles. The van der Waals surface area contributed by atoms with Gasteiger partial charge in [-0.3, -0.25) is 4.90 Å². The number of alkyl halides is 1. The molecule has 0 aromatic carbocycles. The van der Waals surface area contributed by atoms with Crippen LogP contribution in [0.1, 0.15) is 0 Å². The van der Waals surface area contributed by atoms with Crippen molar-refractivity contribution in [2.24, 2.45) is 0 Å². The molecule has 0 radical (unpaired) electrons. The van der Waals surface area contributed by atoms with E-state index in [0.717, 1.165) is 26.3 Å². The Kier molecular flexibility index (Phi) is 8.03. The number of rotatable bonds is 2. The maximum Gasteiger partial charge on any atom is 0.0594 e. The van der Waals surface area contributed by atoms with Gasteiger partial charge in [-0.25, -0.2) is 0 Å². The van der Waals surface area contributed by atoms with E-state index in [9.17, 15) is 0 Å². The minimum Gasteiger partial charge on any atom is -0.379 e. The minimum atomic E-state index is 0. The molecule has 0 unspecified atom stereocenters. The summed E-state index contributed by atoms with van der Waals surface area (Å²) in [5, 5.41) is 0. The molecular weight excluding hydrogens is 356 g/mol. The van der Waals surface area contributed by atoms with Gasteiger partial charge in [-0.05, 0) is 0 Å². The Bertz CT molecular complexity index is 73.4. The predicted octanol–water partition coefficient (Wildman–Crippen LogP) is 1.37. The zero-order valence-electron chi connectivity index (χ0n) is 5.88. The van der Waals surface area contributed by atoms with Crippen molar-refractivity contribution >= 4 is 46.6 Å². The SMILES string of the molecule is I.ICCN1CCOCC1. The highest BCUT2D eigenvalue weighted by molar-refractivity contribution is 14.1. The Morgan fingerprint density at radius 1 is 1.30 bits per heavy atom. The normalized spacial score (nSPS) is 20.1. The van der Waals surface area contributed by atoms with E-state index in [1.807, 2.05) is 0 Å². The molecule has 1 fully saturated rings. The van der Waals surface area contributed by atoms with Crippen LogP contribution in [-0.2, 0) is 4.74 Å². The fourth-order valence-corrected chi connectivity index (χ4v) is 1.63. The number of ether oxygens (including phenoxy) is 1. The third-order valence-electron chi connectivity index (χ3n) is 1.50. The largest absolute Gasteiger partial charge is 0.379 e. The van der Waals surface area contributed by atoms with E-state index in [2.05, 4.69) is 27.5 Å². The molecule has 2 nitrogen and oxygen atoms in total. The van der Waals surface area contributed by atoms with Crippen molar-refractivity contribution in [2.75, 3.05) is 37.3 Å². The van der Waals surface area contributed by atoms with E-state index in [1.165, 1.54) is 11.0 Å². The van der Waals surface area contributed by atoms with Crippen molar-refractivity contribution < 1.29 is 4.74 Å². The zero-order valence-corrected chi connectivity index (χ0v) is 10.4. The number of hydrogen-bond donors (Lipinski definition) is 0. The highest BCUT2D eigenvalue weighted by Gasteiger charge is 2.07.